The number of alkyl halides is 2. The molecule has 176 valence electrons. The summed E-state index contributed by atoms with van der Waals surface area (Å²) in [7, 11) is 0. The van der Waals surface area contributed by atoms with E-state index in [2.05, 4.69) is 6.92 Å². The van der Waals surface area contributed by atoms with Gasteiger partial charge in [0.15, 0.2) is 5.78 Å². The zero-order valence-corrected chi connectivity index (χ0v) is 20.1. The SMILES string of the molecule is CCOC(=O)[C@@]1(OC(=O)C(Cl)Cl)CC[C@H]2[C@@H]3CCC4=CC(=O)C=C[C@]4(C)[C@H]3[C@H](O)C[C@@]21C. The summed E-state index contributed by atoms with van der Waals surface area (Å²) in [5.74, 6) is -1.47. The molecule has 8 heteroatoms. The Balaban J connectivity index is 1.75. The van der Waals surface area contributed by atoms with Gasteiger partial charge >= 0.3 is 11.9 Å². The Morgan fingerprint density at radius 3 is 2.66 bits per heavy atom. The number of esters is 2. The van der Waals surface area contributed by atoms with Gasteiger partial charge in [0.1, 0.15) is 0 Å². The van der Waals surface area contributed by atoms with Gasteiger partial charge in [-0.15, -0.1) is 0 Å². The highest BCUT2D eigenvalue weighted by Gasteiger charge is 2.71. The molecule has 4 rings (SSSR count). The van der Waals surface area contributed by atoms with Gasteiger partial charge in [-0.25, -0.2) is 9.59 Å². The van der Waals surface area contributed by atoms with E-state index in [1.807, 2.05) is 13.0 Å². The van der Waals surface area contributed by atoms with E-state index in [0.29, 0.717) is 12.8 Å². The van der Waals surface area contributed by atoms with Gasteiger partial charge in [0.05, 0.1) is 12.7 Å². The molecule has 0 spiro atoms. The normalized spacial score (nSPS) is 42.6. The molecule has 1 N–H and O–H groups in total. The van der Waals surface area contributed by atoms with Crippen molar-refractivity contribution in [1.82, 2.24) is 0 Å². The van der Waals surface area contributed by atoms with Crippen LogP contribution in [0.15, 0.2) is 23.8 Å². The van der Waals surface area contributed by atoms with Crippen LogP contribution in [0.5, 0.6) is 0 Å². The quantitative estimate of drug-likeness (QED) is 0.480. The number of allylic oxidation sites excluding steroid dienone is 4. The van der Waals surface area contributed by atoms with Gasteiger partial charge < -0.3 is 14.6 Å². The van der Waals surface area contributed by atoms with Crippen LogP contribution in [0.4, 0.5) is 0 Å². The number of ether oxygens (including phenoxy) is 2. The Hall–Kier alpha value is -1.37. The third-order valence-electron chi connectivity index (χ3n) is 8.67. The molecule has 0 heterocycles. The molecule has 0 unspecified atom stereocenters. The summed E-state index contributed by atoms with van der Waals surface area (Å²) in [6, 6.07) is 0. The lowest BCUT2D eigenvalue weighted by Gasteiger charge is -2.59. The first-order valence-corrected chi connectivity index (χ1v) is 12.2. The summed E-state index contributed by atoms with van der Waals surface area (Å²) in [4.78, 5) is 36.3. The molecule has 6 nitrogen and oxygen atoms in total. The molecule has 0 radical (unpaired) electrons. The number of aliphatic hydroxyl groups excluding tert-OH is 1. The predicted molar refractivity (Wildman–Crippen MR) is 119 cm³/mol. The van der Waals surface area contributed by atoms with Crippen molar-refractivity contribution in [1.29, 1.82) is 0 Å². The summed E-state index contributed by atoms with van der Waals surface area (Å²) in [5, 5.41) is 11.5. The number of hydrogen-bond acceptors (Lipinski definition) is 6. The van der Waals surface area contributed by atoms with E-state index >= 15 is 0 Å². The van der Waals surface area contributed by atoms with Crippen molar-refractivity contribution in [2.75, 3.05) is 6.61 Å². The molecule has 0 aromatic heterocycles. The van der Waals surface area contributed by atoms with Crippen molar-refractivity contribution < 1.29 is 29.0 Å². The van der Waals surface area contributed by atoms with E-state index < -0.39 is 39.3 Å². The van der Waals surface area contributed by atoms with Crippen molar-refractivity contribution in [3.8, 4) is 0 Å². The molecule has 3 fully saturated rings. The molecule has 0 saturated heterocycles. The largest absolute Gasteiger partial charge is 0.463 e. The topological polar surface area (TPSA) is 89.9 Å². The van der Waals surface area contributed by atoms with Crippen LogP contribution in [0.3, 0.4) is 0 Å². The fraction of sp³-hybridized carbons (Fsp3) is 0.708. The van der Waals surface area contributed by atoms with E-state index in [9.17, 15) is 19.5 Å². The minimum Gasteiger partial charge on any atom is -0.463 e. The molecule has 0 aromatic carbocycles. The van der Waals surface area contributed by atoms with Crippen LogP contribution in [0.1, 0.15) is 52.9 Å². The molecule has 4 aliphatic rings. The molecule has 32 heavy (non-hydrogen) atoms. The Morgan fingerprint density at radius 2 is 2.00 bits per heavy atom. The maximum atomic E-state index is 13.3. The van der Waals surface area contributed by atoms with Crippen LogP contribution in [-0.2, 0) is 23.9 Å². The highest BCUT2D eigenvalue weighted by atomic mass is 35.5. The van der Waals surface area contributed by atoms with Gasteiger partial charge in [0.2, 0.25) is 10.4 Å². The van der Waals surface area contributed by atoms with Crippen LogP contribution in [0, 0.1) is 28.6 Å². The van der Waals surface area contributed by atoms with E-state index in [0.717, 1.165) is 18.4 Å². The molecule has 4 aliphatic carbocycles. The second-order valence-corrected chi connectivity index (χ2v) is 11.1. The summed E-state index contributed by atoms with van der Waals surface area (Å²) in [5.41, 5.74) is -1.74. The molecule has 0 aliphatic heterocycles. The van der Waals surface area contributed by atoms with Crippen molar-refractivity contribution in [3.63, 3.8) is 0 Å². The monoisotopic (exact) mass is 484 g/mol. The fourth-order valence-electron chi connectivity index (χ4n) is 7.32. The summed E-state index contributed by atoms with van der Waals surface area (Å²) in [6.07, 6.45) is 7.25. The van der Waals surface area contributed by atoms with Crippen LogP contribution < -0.4 is 0 Å². The van der Waals surface area contributed by atoms with Gasteiger partial charge in [-0.1, -0.05) is 48.7 Å². The smallest absolute Gasteiger partial charge is 0.351 e. The molecule has 7 atom stereocenters. The number of carbonyl (C=O) groups is 3. The standard InChI is InChI=1S/C24H30Cl2O6/c1-4-31-21(30)24(32-20(29)19(25)26)10-8-16-15-6-5-13-11-14(27)7-9-22(13,2)18(15)17(28)12-23(16,24)3/h7,9,11,15-19,28H,4-6,8,10,12H2,1-3H3/t15-,16-,17+,18+,22-,23-,24-/m0/s1. The first-order valence-electron chi connectivity index (χ1n) is 11.3. The molecule has 3 saturated carbocycles. The van der Waals surface area contributed by atoms with Gasteiger partial charge in [-0.05, 0) is 63.0 Å². The summed E-state index contributed by atoms with van der Waals surface area (Å²) in [6.45, 7) is 5.85. The van der Waals surface area contributed by atoms with Gasteiger partial charge in [-0.3, -0.25) is 4.79 Å². The van der Waals surface area contributed by atoms with Crippen molar-refractivity contribution in [3.05, 3.63) is 23.8 Å². The van der Waals surface area contributed by atoms with Crippen molar-refractivity contribution in [2.24, 2.45) is 28.6 Å². The third-order valence-corrected chi connectivity index (χ3v) is 9.03. The molecular weight excluding hydrogens is 455 g/mol. The Bertz CT molecular complexity index is 897. The first-order chi connectivity index (χ1) is 15.0. The van der Waals surface area contributed by atoms with Crippen LogP contribution in [0.2, 0.25) is 0 Å². The third kappa shape index (κ3) is 3.28. The van der Waals surface area contributed by atoms with Gasteiger partial charge in [-0.2, -0.15) is 0 Å². The zero-order valence-electron chi connectivity index (χ0n) is 18.6. The minimum absolute atomic E-state index is 0.0168. The first kappa shape index (κ1) is 23.8. The number of rotatable bonds is 4. The summed E-state index contributed by atoms with van der Waals surface area (Å²) >= 11 is 11.5. The Kier molecular flexibility index (Phi) is 6.05. The predicted octanol–water partition coefficient (Wildman–Crippen LogP) is 3.91. The second-order valence-electron chi connectivity index (χ2n) is 10.0. The maximum absolute atomic E-state index is 13.3. The lowest BCUT2D eigenvalue weighted by atomic mass is 9.46. The van der Waals surface area contributed by atoms with E-state index in [1.54, 1.807) is 19.1 Å². The number of hydrogen-bond donors (Lipinski definition) is 1. The number of aliphatic hydroxyl groups is 1. The maximum Gasteiger partial charge on any atom is 0.351 e. The summed E-state index contributed by atoms with van der Waals surface area (Å²) < 4.78 is 11.1. The lowest BCUT2D eigenvalue weighted by molar-refractivity contribution is -0.212. The average Bonchev–Trinajstić information content (AvgIpc) is 3.01. The van der Waals surface area contributed by atoms with E-state index in [-0.39, 0.29) is 36.6 Å². The zero-order chi connectivity index (χ0) is 23.5. The number of fused-ring (bicyclic) bond motifs is 5. The fourth-order valence-corrected chi connectivity index (χ4v) is 7.41. The van der Waals surface area contributed by atoms with Crippen LogP contribution >= 0.6 is 23.2 Å². The van der Waals surface area contributed by atoms with Crippen LogP contribution in [-0.4, -0.2) is 46.0 Å². The van der Waals surface area contributed by atoms with Crippen molar-refractivity contribution >= 4 is 40.9 Å². The molecule has 0 bridgehead atoms. The molecular formula is C24H30Cl2O6. The second kappa shape index (κ2) is 8.14. The number of halogens is 2. The molecule has 0 aromatic rings. The van der Waals surface area contributed by atoms with E-state index in [1.165, 1.54) is 0 Å². The van der Waals surface area contributed by atoms with E-state index in [4.69, 9.17) is 32.7 Å². The Morgan fingerprint density at radius 1 is 1.28 bits per heavy atom. The number of ketones is 1. The molecule has 0 amide bonds. The van der Waals surface area contributed by atoms with Crippen LogP contribution in [0.25, 0.3) is 0 Å². The van der Waals surface area contributed by atoms with Gasteiger partial charge in [0.25, 0.3) is 0 Å². The number of carbonyl (C=O) groups excluding carboxylic acids is 3. The highest BCUT2D eigenvalue weighted by Crippen LogP contribution is 2.68. The average molecular weight is 485 g/mol. The lowest BCUT2D eigenvalue weighted by Crippen LogP contribution is -2.63. The highest BCUT2D eigenvalue weighted by molar-refractivity contribution is 6.53. The minimum atomic E-state index is -1.55. The van der Waals surface area contributed by atoms with Crippen molar-refractivity contribution in [2.45, 2.75) is 69.4 Å². The Labute approximate surface area is 198 Å². The van der Waals surface area contributed by atoms with Gasteiger partial charge in [0, 0.05) is 16.7 Å².